The first-order chi connectivity index (χ1) is 9.49. The van der Waals surface area contributed by atoms with E-state index >= 15 is 0 Å². The van der Waals surface area contributed by atoms with Crippen molar-refractivity contribution < 1.29 is 18.5 Å². The summed E-state index contributed by atoms with van der Waals surface area (Å²) in [5, 5.41) is 12.9. The Morgan fingerprint density at radius 1 is 1.20 bits per heavy atom. The molecule has 102 valence electrons. The first-order valence-corrected chi connectivity index (χ1v) is 5.21. The zero-order chi connectivity index (χ0) is 14.7. The highest BCUT2D eigenvalue weighted by molar-refractivity contribution is 6.06. The molecule has 0 unspecified atom stereocenters. The molecule has 0 saturated carbocycles. The fraction of sp³-hybridized carbons (Fsp3) is 0. The number of aromatic nitrogens is 2. The van der Waals surface area contributed by atoms with Crippen LogP contribution in [0.25, 0.3) is 0 Å². The Hall–Kier alpha value is -2.97. The van der Waals surface area contributed by atoms with E-state index in [-0.39, 0.29) is 5.95 Å². The molecular weight excluding hydrogens is 274 g/mol. The number of hydrogen-bond donors (Lipinski definition) is 1. The molecule has 0 bridgehead atoms. The summed E-state index contributed by atoms with van der Waals surface area (Å²) in [5.41, 5.74) is -1.47. The third-order valence-corrected chi connectivity index (χ3v) is 2.27. The summed E-state index contributed by atoms with van der Waals surface area (Å²) in [6, 6.07) is 2.29. The van der Waals surface area contributed by atoms with Crippen molar-refractivity contribution in [2.75, 3.05) is 5.32 Å². The van der Waals surface area contributed by atoms with E-state index < -0.39 is 33.7 Å². The van der Waals surface area contributed by atoms with Gasteiger partial charge in [-0.3, -0.25) is 20.2 Å². The Balaban J connectivity index is 2.39. The van der Waals surface area contributed by atoms with Crippen LogP contribution in [0, 0.1) is 21.7 Å². The van der Waals surface area contributed by atoms with Crippen molar-refractivity contribution in [2.45, 2.75) is 0 Å². The van der Waals surface area contributed by atoms with E-state index in [9.17, 15) is 23.7 Å². The predicted octanol–water partition coefficient (Wildman–Crippen LogP) is 1.92. The minimum absolute atomic E-state index is 0.114. The van der Waals surface area contributed by atoms with E-state index in [1.54, 1.807) is 0 Å². The number of halogens is 2. The number of carbonyl (C=O) groups is 1. The van der Waals surface area contributed by atoms with Crippen LogP contribution in [0.15, 0.2) is 30.6 Å². The zero-order valence-corrected chi connectivity index (χ0v) is 9.71. The second-order valence-electron chi connectivity index (χ2n) is 3.57. The highest BCUT2D eigenvalue weighted by atomic mass is 19.2. The molecule has 0 radical (unpaired) electrons. The van der Waals surface area contributed by atoms with E-state index in [0.29, 0.717) is 12.1 Å². The Kier molecular flexibility index (Phi) is 3.60. The van der Waals surface area contributed by atoms with Gasteiger partial charge in [-0.2, -0.15) is 0 Å². The molecule has 7 nitrogen and oxygen atoms in total. The molecule has 0 fully saturated rings. The lowest BCUT2D eigenvalue weighted by molar-refractivity contribution is -0.385. The Morgan fingerprint density at radius 2 is 1.80 bits per heavy atom. The van der Waals surface area contributed by atoms with Crippen LogP contribution in [0.5, 0.6) is 0 Å². The molecule has 1 heterocycles. The molecule has 1 amide bonds. The maximum Gasteiger partial charge on any atom is 0.285 e. The summed E-state index contributed by atoms with van der Waals surface area (Å²) in [6.45, 7) is 0. The number of anilines is 1. The molecule has 20 heavy (non-hydrogen) atoms. The van der Waals surface area contributed by atoms with Gasteiger partial charge in [0, 0.05) is 12.4 Å². The maximum absolute atomic E-state index is 13.1. The van der Waals surface area contributed by atoms with Gasteiger partial charge in [0.2, 0.25) is 5.95 Å². The fourth-order valence-corrected chi connectivity index (χ4v) is 1.40. The van der Waals surface area contributed by atoms with Gasteiger partial charge < -0.3 is 0 Å². The van der Waals surface area contributed by atoms with Gasteiger partial charge in [-0.1, -0.05) is 0 Å². The Morgan fingerprint density at radius 3 is 2.40 bits per heavy atom. The standard InChI is InChI=1S/C11H6F2N4O3/c12-7-4-6(9(17(19)20)5-8(7)13)10(18)16-11-14-2-1-3-15-11/h1-5H,(H,14,15,16,18). The largest absolute Gasteiger partial charge is 0.290 e. The number of benzene rings is 1. The average Bonchev–Trinajstić information content (AvgIpc) is 2.42. The fourth-order valence-electron chi connectivity index (χ4n) is 1.40. The number of carbonyl (C=O) groups excluding carboxylic acids is 1. The second-order valence-corrected chi connectivity index (χ2v) is 3.57. The molecule has 0 saturated heterocycles. The Labute approximate surface area is 110 Å². The van der Waals surface area contributed by atoms with Crippen molar-refractivity contribution in [2.24, 2.45) is 0 Å². The van der Waals surface area contributed by atoms with Crippen LogP contribution < -0.4 is 5.32 Å². The first-order valence-electron chi connectivity index (χ1n) is 5.21. The number of hydrogen-bond acceptors (Lipinski definition) is 5. The zero-order valence-electron chi connectivity index (χ0n) is 9.71. The first kappa shape index (κ1) is 13.5. The number of amides is 1. The predicted molar refractivity (Wildman–Crippen MR) is 63.0 cm³/mol. The summed E-state index contributed by atoms with van der Waals surface area (Å²) < 4.78 is 26.1. The highest BCUT2D eigenvalue weighted by Crippen LogP contribution is 2.22. The van der Waals surface area contributed by atoms with Crippen LogP contribution in [-0.4, -0.2) is 20.8 Å². The molecule has 1 aromatic heterocycles. The van der Waals surface area contributed by atoms with Crippen LogP contribution in [0.3, 0.4) is 0 Å². The molecule has 0 aliphatic carbocycles. The highest BCUT2D eigenvalue weighted by Gasteiger charge is 2.24. The summed E-state index contributed by atoms with van der Waals surface area (Å²) in [7, 11) is 0. The van der Waals surface area contributed by atoms with Gasteiger partial charge in [-0.05, 0) is 12.1 Å². The lowest BCUT2D eigenvalue weighted by Crippen LogP contribution is -2.16. The van der Waals surface area contributed by atoms with Crippen molar-refractivity contribution in [1.29, 1.82) is 0 Å². The number of nitro benzene ring substituents is 1. The molecule has 1 N–H and O–H groups in total. The van der Waals surface area contributed by atoms with E-state index in [1.165, 1.54) is 18.5 Å². The molecule has 0 aliphatic heterocycles. The SMILES string of the molecule is O=C(Nc1ncccn1)c1cc(F)c(F)cc1[N+](=O)[O-]. The van der Waals surface area contributed by atoms with Crippen molar-refractivity contribution in [1.82, 2.24) is 9.97 Å². The Bertz CT molecular complexity index is 679. The summed E-state index contributed by atoms with van der Waals surface area (Å²) in [5.74, 6) is -3.91. The average molecular weight is 280 g/mol. The number of nitro groups is 1. The van der Waals surface area contributed by atoms with Crippen molar-refractivity contribution >= 4 is 17.5 Å². The van der Waals surface area contributed by atoms with Crippen LogP contribution in [0.4, 0.5) is 20.4 Å². The van der Waals surface area contributed by atoms with Crippen molar-refractivity contribution in [3.05, 3.63) is 57.9 Å². The molecule has 0 atom stereocenters. The number of nitrogens with zero attached hydrogens (tertiary/aromatic N) is 3. The number of nitrogens with one attached hydrogen (secondary N) is 1. The van der Waals surface area contributed by atoms with Gasteiger partial charge in [0.25, 0.3) is 11.6 Å². The molecule has 0 spiro atoms. The lowest BCUT2D eigenvalue weighted by atomic mass is 10.1. The van der Waals surface area contributed by atoms with Gasteiger partial charge in [-0.25, -0.2) is 18.7 Å². The van der Waals surface area contributed by atoms with E-state index in [0.717, 1.165) is 0 Å². The van der Waals surface area contributed by atoms with Crippen LogP contribution >= 0.6 is 0 Å². The van der Waals surface area contributed by atoms with Gasteiger partial charge in [0.05, 0.1) is 11.0 Å². The van der Waals surface area contributed by atoms with Crippen LogP contribution in [0.2, 0.25) is 0 Å². The lowest BCUT2D eigenvalue weighted by Gasteiger charge is -2.04. The third kappa shape index (κ3) is 2.71. The van der Waals surface area contributed by atoms with Crippen molar-refractivity contribution in [3.63, 3.8) is 0 Å². The third-order valence-electron chi connectivity index (χ3n) is 2.27. The quantitative estimate of drug-likeness (QED) is 0.684. The minimum atomic E-state index is -1.41. The summed E-state index contributed by atoms with van der Waals surface area (Å²) in [6.07, 6.45) is 2.67. The summed E-state index contributed by atoms with van der Waals surface area (Å²) in [4.78, 5) is 28.9. The second kappa shape index (κ2) is 5.34. The minimum Gasteiger partial charge on any atom is -0.290 e. The summed E-state index contributed by atoms with van der Waals surface area (Å²) >= 11 is 0. The molecule has 1 aromatic carbocycles. The van der Waals surface area contributed by atoms with Gasteiger partial charge in [0.1, 0.15) is 5.56 Å². The topological polar surface area (TPSA) is 98.0 Å². The van der Waals surface area contributed by atoms with Gasteiger partial charge in [0.15, 0.2) is 11.6 Å². The van der Waals surface area contributed by atoms with Crippen LogP contribution in [-0.2, 0) is 0 Å². The van der Waals surface area contributed by atoms with E-state index in [4.69, 9.17) is 0 Å². The smallest absolute Gasteiger partial charge is 0.285 e. The van der Waals surface area contributed by atoms with Gasteiger partial charge in [-0.15, -0.1) is 0 Å². The number of rotatable bonds is 3. The monoisotopic (exact) mass is 280 g/mol. The van der Waals surface area contributed by atoms with Crippen LogP contribution in [0.1, 0.15) is 10.4 Å². The molecule has 2 rings (SSSR count). The normalized spacial score (nSPS) is 10.1. The van der Waals surface area contributed by atoms with Gasteiger partial charge >= 0.3 is 0 Å². The molecule has 9 heteroatoms. The molecular formula is C11H6F2N4O3. The van der Waals surface area contributed by atoms with Crippen molar-refractivity contribution in [3.8, 4) is 0 Å². The molecule has 0 aliphatic rings. The molecule has 2 aromatic rings. The van der Waals surface area contributed by atoms with E-state index in [2.05, 4.69) is 15.3 Å². The van der Waals surface area contributed by atoms with E-state index in [1.807, 2.05) is 0 Å². The maximum atomic E-state index is 13.1.